The van der Waals surface area contributed by atoms with Gasteiger partial charge in [0.2, 0.25) is 0 Å². The molecule has 9 heteroatoms. The van der Waals surface area contributed by atoms with Crippen molar-refractivity contribution < 1.29 is 0 Å². The van der Waals surface area contributed by atoms with Gasteiger partial charge in [-0.15, -0.1) is 0 Å². The third kappa shape index (κ3) is 3.94. The Hall–Kier alpha value is -4.43. The molecule has 5 rings (SSSR count). The summed E-state index contributed by atoms with van der Waals surface area (Å²) in [6, 6.07) is 15.4. The number of benzene rings is 2. The largest absolute Gasteiger partial charge is 0.383 e. The molecule has 0 bridgehead atoms. The molecule has 0 aliphatic rings. The van der Waals surface area contributed by atoms with Crippen LogP contribution in [0.2, 0.25) is 5.02 Å². The highest BCUT2D eigenvalue weighted by atomic mass is 35.5. The summed E-state index contributed by atoms with van der Waals surface area (Å²) < 4.78 is 2.05. The second-order valence-corrected chi connectivity index (χ2v) is 8.26. The molecule has 0 saturated carbocycles. The van der Waals surface area contributed by atoms with Crippen molar-refractivity contribution in [3.8, 4) is 16.8 Å². The molecule has 0 amide bonds. The van der Waals surface area contributed by atoms with Crippen molar-refractivity contribution in [1.82, 2.24) is 19.5 Å². The van der Waals surface area contributed by atoms with Crippen LogP contribution in [-0.2, 0) is 0 Å². The number of aromatic nitrogens is 4. The molecular formula is C26H21ClN8. The Morgan fingerprint density at radius 2 is 1.91 bits per heavy atom. The molecule has 0 radical (unpaired) electrons. The van der Waals surface area contributed by atoms with Gasteiger partial charge in [-0.2, -0.15) is 0 Å². The van der Waals surface area contributed by atoms with Crippen LogP contribution in [0.25, 0.3) is 38.8 Å². The van der Waals surface area contributed by atoms with E-state index in [1.807, 2.05) is 54.0 Å². The van der Waals surface area contributed by atoms with Gasteiger partial charge in [0.1, 0.15) is 23.5 Å². The molecule has 3 heterocycles. The number of aryl methyl sites for hydroxylation is 1. The lowest BCUT2D eigenvalue weighted by molar-refractivity contribution is 1.01. The van der Waals surface area contributed by atoms with Gasteiger partial charge < -0.3 is 5.73 Å². The van der Waals surface area contributed by atoms with Crippen molar-refractivity contribution in [1.29, 1.82) is 5.41 Å². The normalized spacial score (nSPS) is 12.1. The fourth-order valence-electron chi connectivity index (χ4n) is 4.26. The maximum Gasteiger partial charge on any atom is 0.134 e. The topological polar surface area (TPSA) is 118 Å². The molecule has 3 aromatic heterocycles. The number of halogens is 1. The number of aliphatic imine (C=N–C) groups is 2. The Morgan fingerprint density at radius 1 is 1.09 bits per heavy atom. The molecule has 0 unspecified atom stereocenters. The average molecular weight is 481 g/mol. The first kappa shape index (κ1) is 22.4. The zero-order valence-corrected chi connectivity index (χ0v) is 19.8. The Kier molecular flexibility index (Phi) is 5.80. The van der Waals surface area contributed by atoms with Crippen LogP contribution < -0.4 is 5.73 Å². The van der Waals surface area contributed by atoms with Crippen LogP contribution in [0.15, 0.2) is 70.9 Å². The number of imidazole rings is 1. The molecule has 5 aromatic rings. The highest BCUT2D eigenvalue weighted by Crippen LogP contribution is 2.34. The van der Waals surface area contributed by atoms with Crippen LogP contribution in [-0.4, -0.2) is 45.0 Å². The summed E-state index contributed by atoms with van der Waals surface area (Å²) in [7, 11) is 1.71. The molecular weight excluding hydrogens is 460 g/mol. The van der Waals surface area contributed by atoms with E-state index in [-0.39, 0.29) is 5.84 Å². The second kappa shape index (κ2) is 9.08. The van der Waals surface area contributed by atoms with E-state index < -0.39 is 0 Å². The summed E-state index contributed by atoms with van der Waals surface area (Å²) in [5, 5.41) is 8.85. The Bertz CT molecular complexity index is 1660. The van der Waals surface area contributed by atoms with E-state index in [4.69, 9.17) is 27.7 Å². The van der Waals surface area contributed by atoms with E-state index in [0.717, 1.165) is 51.1 Å². The minimum atomic E-state index is 0.207. The molecule has 35 heavy (non-hydrogen) atoms. The van der Waals surface area contributed by atoms with Crippen LogP contribution in [0, 0.1) is 12.3 Å². The number of pyridine rings is 2. The van der Waals surface area contributed by atoms with E-state index in [0.29, 0.717) is 16.1 Å². The second-order valence-electron chi connectivity index (χ2n) is 7.85. The van der Waals surface area contributed by atoms with Gasteiger partial charge in [-0.1, -0.05) is 17.7 Å². The number of fused-ring (bicyclic) bond motifs is 2. The molecule has 172 valence electrons. The number of hydrogen-bond acceptors (Lipinski definition) is 5. The first-order valence-electron chi connectivity index (χ1n) is 10.8. The molecule has 0 aliphatic carbocycles. The highest BCUT2D eigenvalue weighted by Gasteiger charge is 2.19. The molecule has 0 saturated heterocycles. The quantitative estimate of drug-likeness (QED) is 0.273. The van der Waals surface area contributed by atoms with E-state index in [9.17, 15) is 0 Å². The maximum atomic E-state index is 7.42. The third-order valence-corrected chi connectivity index (χ3v) is 6.03. The summed E-state index contributed by atoms with van der Waals surface area (Å²) in [4.78, 5) is 21.8. The Morgan fingerprint density at radius 3 is 2.71 bits per heavy atom. The summed E-state index contributed by atoms with van der Waals surface area (Å²) in [6.07, 6.45) is 6.13. The van der Waals surface area contributed by atoms with Crippen LogP contribution >= 0.6 is 11.6 Å². The SMILES string of the molecule is CN=Cc1cc(-c2cc(C(N)=NC=N)c3nc(C)n(-c4ccnc5cccc(Cl)c45)c3c2)ccn1. The van der Waals surface area contributed by atoms with Gasteiger partial charge in [0.15, 0.2) is 0 Å². The molecule has 3 N–H and O–H groups in total. The summed E-state index contributed by atoms with van der Waals surface area (Å²) in [5.41, 5.74) is 12.7. The molecule has 0 fully saturated rings. The summed E-state index contributed by atoms with van der Waals surface area (Å²) in [5.74, 6) is 0.959. The number of nitrogens with zero attached hydrogens (tertiary/aromatic N) is 6. The van der Waals surface area contributed by atoms with Gasteiger partial charge in [0, 0.05) is 36.6 Å². The lowest BCUT2D eigenvalue weighted by Gasteiger charge is -2.13. The van der Waals surface area contributed by atoms with Crippen molar-refractivity contribution in [2.45, 2.75) is 6.92 Å². The molecule has 0 spiro atoms. The minimum Gasteiger partial charge on any atom is -0.383 e. The van der Waals surface area contributed by atoms with E-state index >= 15 is 0 Å². The minimum absolute atomic E-state index is 0.207. The Labute approximate surface area is 206 Å². The smallest absolute Gasteiger partial charge is 0.134 e. The number of rotatable bonds is 5. The predicted molar refractivity (Wildman–Crippen MR) is 142 cm³/mol. The van der Waals surface area contributed by atoms with Crippen LogP contribution in [0.3, 0.4) is 0 Å². The van der Waals surface area contributed by atoms with Crippen molar-refractivity contribution >= 4 is 51.9 Å². The zero-order valence-electron chi connectivity index (χ0n) is 19.1. The van der Waals surface area contributed by atoms with E-state index in [1.165, 1.54) is 0 Å². The van der Waals surface area contributed by atoms with Crippen molar-refractivity contribution in [3.05, 3.63) is 83.0 Å². The lowest BCUT2D eigenvalue weighted by atomic mass is 10.0. The number of hydrogen-bond donors (Lipinski definition) is 2. The van der Waals surface area contributed by atoms with Gasteiger partial charge in [0.05, 0.1) is 27.4 Å². The first-order chi connectivity index (χ1) is 17.0. The van der Waals surface area contributed by atoms with E-state index in [1.54, 1.807) is 25.7 Å². The van der Waals surface area contributed by atoms with Crippen LogP contribution in [0.4, 0.5) is 0 Å². The van der Waals surface area contributed by atoms with Gasteiger partial charge in [-0.3, -0.25) is 24.9 Å². The number of nitrogens with one attached hydrogen (secondary N) is 1. The molecule has 0 aliphatic heterocycles. The average Bonchev–Trinajstić information content (AvgIpc) is 3.19. The molecule has 8 nitrogen and oxygen atoms in total. The van der Waals surface area contributed by atoms with Gasteiger partial charge in [-0.25, -0.2) is 9.98 Å². The maximum absolute atomic E-state index is 7.42. The van der Waals surface area contributed by atoms with Crippen molar-refractivity contribution in [2.24, 2.45) is 15.7 Å². The molecule has 2 aromatic carbocycles. The number of amidine groups is 1. The monoisotopic (exact) mass is 480 g/mol. The zero-order chi connectivity index (χ0) is 24.5. The first-order valence-corrected chi connectivity index (χ1v) is 11.2. The van der Waals surface area contributed by atoms with Gasteiger partial charge in [-0.05, 0) is 60.5 Å². The Balaban J connectivity index is 1.87. The van der Waals surface area contributed by atoms with Crippen LogP contribution in [0.5, 0.6) is 0 Å². The highest BCUT2D eigenvalue weighted by molar-refractivity contribution is 6.36. The lowest BCUT2D eigenvalue weighted by Crippen LogP contribution is -2.14. The van der Waals surface area contributed by atoms with Crippen molar-refractivity contribution in [2.75, 3.05) is 7.05 Å². The van der Waals surface area contributed by atoms with E-state index in [2.05, 4.69) is 26.0 Å². The van der Waals surface area contributed by atoms with Gasteiger partial charge >= 0.3 is 0 Å². The predicted octanol–water partition coefficient (Wildman–Crippen LogP) is 4.96. The van der Waals surface area contributed by atoms with Gasteiger partial charge in [0.25, 0.3) is 0 Å². The summed E-state index contributed by atoms with van der Waals surface area (Å²) in [6.45, 7) is 1.93. The summed E-state index contributed by atoms with van der Waals surface area (Å²) >= 11 is 6.62. The van der Waals surface area contributed by atoms with Crippen LogP contribution in [0.1, 0.15) is 17.1 Å². The fourth-order valence-corrected chi connectivity index (χ4v) is 4.53. The third-order valence-electron chi connectivity index (χ3n) is 5.72. The standard InChI is InChI=1S/C26H21ClN8/c1-15-34-25-19(26(29)33-14-28)11-17(16-6-8-31-18(10-16)13-30-2)12-23(25)35(15)22-7-9-32-21-5-3-4-20(27)24(21)22/h3-14H,1-2H3,(H3,28,29,33). The number of nitrogens with two attached hydrogens (primary N) is 1. The fraction of sp³-hybridized carbons (Fsp3) is 0.0769. The molecule has 0 atom stereocenters. The van der Waals surface area contributed by atoms with Crippen molar-refractivity contribution in [3.63, 3.8) is 0 Å².